The van der Waals surface area contributed by atoms with Gasteiger partial charge in [-0.05, 0) is 56.2 Å². The van der Waals surface area contributed by atoms with Crippen molar-refractivity contribution in [1.29, 1.82) is 0 Å². The first-order chi connectivity index (χ1) is 12.7. The summed E-state index contributed by atoms with van der Waals surface area (Å²) >= 11 is 0. The molecule has 144 valence electrons. The number of hydrogen-bond donors (Lipinski definition) is 2. The van der Waals surface area contributed by atoms with Crippen LogP contribution in [-0.4, -0.2) is 32.5 Å². The molecule has 27 heavy (non-hydrogen) atoms. The number of halogens is 1. The van der Waals surface area contributed by atoms with Crippen LogP contribution in [0.3, 0.4) is 0 Å². The van der Waals surface area contributed by atoms with E-state index in [0.29, 0.717) is 17.7 Å². The zero-order chi connectivity index (χ0) is 20.0. The normalized spacial score (nSPS) is 11.0. The monoisotopic (exact) mass is 371 g/mol. The van der Waals surface area contributed by atoms with E-state index in [4.69, 9.17) is 0 Å². The molecule has 2 aromatic rings. The molecule has 2 rings (SSSR count). The molecule has 0 aliphatic heterocycles. The highest BCUT2D eigenvalue weighted by Crippen LogP contribution is 2.21. The SMILES string of the molecule is CN(C)c1ccc(NC(=O)C(C)(C)C(=O)NCCc2ccccc2F)cc1. The third-order valence-corrected chi connectivity index (χ3v) is 4.41. The molecular weight excluding hydrogens is 345 g/mol. The smallest absolute Gasteiger partial charge is 0.239 e. The first-order valence-corrected chi connectivity index (χ1v) is 8.82. The van der Waals surface area contributed by atoms with Crippen molar-refractivity contribution >= 4 is 23.2 Å². The van der Waals surface area contributed by atoms with Gasteiger partial charge < -0.3 is 15.5 Å². The van der Waals surface area contributed by atoms with Crippen molar-refractivity contribution in [1.82, 2.24) is 5.32 Å². The van der Waals surface area contributed by atoms with Crippen LogP contribution in [-0.2, 0) is 16.0 Å². The van der Waals surface area contributed by atoms with E-state index in [2.05, 4.69) is 10.6 Å². The van der Waals surface area contributed by atoms with Gasteiger partial charge in [0.1, 0.15) is 11.2 Å². The van der Waals surface area contributed by atoms with Crippen molar-refractivity contribution in [3.8, 4) is 0 Å². The molecule has 6 heteroatoms. The average Bonchev–Trinajstić information content (AvgIpc) is 2.63. The molecule has 0 heterocycles. The van der Waals surface area contributed by atoms with E-state index in [9.17, 15) is 14.0 Å². The Morgan fingerprint density at radius 3 is 2.22 bits per heavy atom. The van der Waals surface area contributed by atoms with Crippen LogP contribution in [0.2, 0.25) is 0 Å². The van der Waals surface area contributed by atoms with Gasteiger partial charge >= 0.3 is 0 Å². The summed E-state index contributed by atoms with van der Waals surface area (Å²) in [6.07, 6.45) is 0.363. The van der Waals surface area contributed by atoms with Crippen LogP contribution in [0.4, 0.5) is 15.8 Å². The maximum absolute atomic E-state index is 13.6. The lowest BCUT2D eigenvalue weighted by Gasteiger charge is -2.23. The summed E-state index contributed by atoms with van der Waals surface area (Å²) < 4.78 is 13.6. The van der Waals surface area contributed by atoms with E-state index in [-0.39, 0.29) is 12.4 Å². The molecule has 0 fully saturated rings. The van der Waals surface area contributed by atoms with Crippen molar-refractivity contribution in [2.75, 3.05) is 30.9 Å². The molecule has 0 aliphatic rings. The van der Waals surface area contributed by atoms with Gasteiger partial charge in [-0.2, -0.15) is 0 Å². The summed E-state index contributed by atoms with van der Waals surface area (Å²) in [5.41, 5.74) is 0.909. The zero-order valence-corrected chi connectivity index (χ0v) is 16.2. The molecule has 0 unspecified atom stereocenters. The largest absolute Gasteiger partial charge is 0.378 e. The lowest BCUT2D eigenvalue weighted by molar-refractivity contribution is -0.138. The summed E-state index contributed by atoms with van der Waals surface area (Å²) in [5, 5.41) is 5.48. The molecule has 2 N–H and O–H groups in total. The average molecular weight is 371 g/mol. The molecule has 0 saturated heterocycles. The van der Waals surface area contributed by atoms with E-state index in [1.165, 1.54) is 6.07 Å². The summed E-state index contributed by atoms with van der Waals surface area (Å²) in [6.45, 7) is 3.39. The second kappa shape index (κ2) is 8.66. The predicted octanol–water partition coefficient (Wildman–Crippen LogP) is 3.22. The fraction of sp³-hybridized carbons (Fsp3) is 0.333. The second-order valence-corrected chi connectivity index (χ2v) is 7.12. The lowest BCUT2D eigenvalue weighted by Crippen LogP contribution is -2.45. The summed E-state index contributed by atoms with van der Waals surface area (Å²) in [7, 11) is 3.87. The standard InChI is InChI=1S/C21H26FN3O2/c1-21(2,19(26)23-14-13-15-7-5-6-8-18(15)22)20(27)24-16-9-11-17(12-10-16)25(3)4/h5-12H,13-14H2,1-4H3,(H,23,26)(H,24,27). The Hall–Kier alpha value is -2.89. The minimum Gasteiger partial charge on any atom is -0.378 e. The fourth-order valence-electron chi connectivity index (χ4n) is 2.47. The zero-order valence-electron chi connectivity index (χ0n) is 16.2. The van der Waals surface area contributed by atoms with Crippen molar-refractivity contribution in [3.05, 3.63) is 59.9 Å². The van der Waals surface area contributed by atoms with E-state index in [1.807, 2.05) is 31.1 Å². The highest BCUT2D eigenvalue weighted by molar-refractivity contribution is 6.09. The Morgan fingerprint density at radius 1 is 1.00 bits per heavy atom. The number of carbonyl (C=O) groups is 2. The molecule has 0 aliphatic carbocycles. The Kier molecular flexibility index (Phi) is 6.55. The van der Waals surface area contributed by atoms with E-state index < -0.39 is 17.2 Å². The van der Waals surface area contributed by atoms with E-state index >= 15 is 0 Å². The quantitative estimate of drug-likeness (QED) is 0.735. The first-order valence-electron chi connectivity index (χ1n) is 8.82. The van der Waals surface area contributed by atoms with Gasteiger partial charge in [0.2, 0.25) is 11.8 Å². The second-order valence-electron chi connectivity index (χ2n) is 7.12. The molecule has 0 bridgehead atoms. The number of benzene rings is 2. The Bertz CT molecular complexity index is 801. The molecule has 5 nitrogen and oxygen atoms in total. The van der Waals surface area contributed by atoms with Crippen LogP contribution in [0, 0.1) is 11.2 Å². The van der Waals surface area contributed by atoms with Gasteiger partial charge in [-0.15, -0.1) is 0 Å². The lowest BCUT2D eigenvalue weighted by atomic mass is 9.90. The molecular formula is C21H26FN3O2. The maximum Gasteiger partial charge on any atom is 0.239 e. The predicted molar refractivity (Wildman–Crippen MR) is 106 cm³/mol. The minimum absolute atomic E-state index is 0.258. The minimum atomic E-state index is -1.25. The Balaban J connectivity index is 1.92. The molecule has 0 atom stereocenters. The van der Waals surface area contributed by atoms with Gasteiger partial charge in [0.15, 0.2) is 0 Å². The van der Waals surface area contributed by atoms with Gasteiger partial charge in [0.25, 0.3) is 0 Å². The van der Waals surface area contributed by atoms with E-state index in [1.54, 1.807) is 44.2 Å². The number of nitrogens with one attached hydrogen (secondary N) is 2. The van der Waals surface area contributed by atoms with Gasteiger partial charge in [-0.1, -0.05) is 18.2 Å². The van der Waals surface area contributed by atoms with Crippen LogP contribution >= 0.6 is 0 Å². The molecule has 0 saturated carbocycles. The fourth-order valence-corrected chi connectivity index (χ4v) is 2.47. The van der Waals surface area contributed by atoms with Crippen LogP contribution in [0.15, 0.2) is 48.5 Å². The van der Waals surface area contributed by atoms with Gasteiger partial charge in [-0.25, -0.2) is 4.39 Å². The summed E-state index contributed by atoms with van der Waals surface area (Å²) in [5.74, 6) is -1.10. The number of nitrogens with zero attached hydrogens (tertiary/aromatic N) is 1. The molecule has 0 radical (unpaired) electrons. The Labute approximate surface area is 159 Å². The molecule has 0 spiro atoms. The number of rotatable bonds is 7. The van der Waals surface area contributed by atoms with Crippen LogP contribution < -0.4 is 15.5 Å². The Morgan fingerprint density at radius 2 is 1.63 bits per heavy atom. The molecule has 2 amide bonds. The third kappa shape index (κ3) is 5.29. The van der Waals surface area contributed by atoms with Gasteiger partial charge in [0, 0.05) is 32.0 Å². The number of anilines is 2. The van der Waals surface area contributed by atoms with Gasteiger partial charge in [0.05, 0.1) is 0 Å². The van der Waals surface area contributed by atoms with Crippen LogP contribution in [0.5, 0.6) is 0 Å². The number of hydrogen-bond acceptors (Lipinski definition) is 3. The van der Waals surface area contributed by atoms with E-state index in [0.717, 1.165) is 5.69 Å². The third-order valence-electron chi connectivity index (χ3n) is 4.41. The highest BCUT2D eigenvalue weighted by atomic mass is 19.1. The van der Waals surface area contributed by atoms with Crippen molar-refractivity contribution in [2.45, 2.75) is 20.3 Å². The number of amides is 2. The summed E-state index contributed by atoms with van der Waals surface area (Å²) in [4.78, 5) is 26.9. The first kappa shape index (κ1) is 20.4. The highest BCUT2D eigenvalue weighted by Gasteiger charge is 2.35. The van der Waals surface area contributed by atoms with Gasteiger partial charge in [-0.3, -0.25) is 9.59 Å². The maximum atomic E-state index is 13.6. The molecule has 0 aromatic heterocycles. The summed E-state index contributed by atoms with van der Waals surface area (Å²) in [6, 6.07) is 13.8. The van der Waals surface area contributed by atoms with Crippen LogP contribution in [0.25, 0.3) is 0 Å². The van der Waals surface area contributed by atoms with Crippen molar-refractivity contribution < 1.29 is 14.0 Å². The van der Waals surface area contributed by atoms with Crippen molar-refractivity contribution in [2.24, 2.45) is 5.41 Å². The topological polar surface area (TPSA) is 61.4 Å². The molecule has 2 aromatic carbocycles. The van der Waals surface area contributed by atoms with Crippen LogP contribution in [0.1, 0.15) is 19.4 Å². The number of carbonyl (C=O) groups excluding carboxylic acids is 2. The van der Waals surface area contributed by atoms with Crippen molar-refractivity contribution in [3.63, 3.8) is 0 Å².